The lowest BCUT2D eigenvalue weighted by molar-refractivity contribution is 0.368. The molecular weight excluding hydrogens is 340 g/mol. The van der Waals surface area contributed by atoms with Crippen molar-refractivity contribution in [3.8, 4) is 11.5 Å². The second kappa shape index (κ2) is 6.30. The Morgan fingerprint density at radius 3 is 2.37 bits per heavy atom. The molecule has 2 aromatic carbocycles. The Labute approximate surface area is 159 Å². The van der Waals surface area contributed by atoms with Gasteiger partial charge >= 0.3 is 0 Å². The number of hydrogen-bond donors (Lipinski definition) is 1. The number of likely N-dealkylation sites (N-methyl/N-ethyl adjacent to an activating group) is 1. The molecule has 140 valence electrons. The average Bonchev–Trinajstić information content (AvgIpc) is 2.65. The Balaban J connectivity index is 1.62. The van der Waals surface area contributed by atoms with Crippen molar-refractivity contribution in [1.29, 1.82) is 0 Å². The van der Waals surface area contributed by atoms with Gasteiger partial charge in [0.05, 0.1) is 0 Å². The van der Waals surface area contributed by atoms with E-state index in [9.17, 15) is 0 Å². The topological polar surface area (TPSA) is 72.4 Å². The van der Waals surface area contributed by atoms with Gasteiger partial charge in [-0.2, -0.15) is 0 Å². The molecule has 0 spiro atoms. The Bertz CT molecular complexity index is 957. The van der Waals surface area contributed by atoms with E-state index in [2.05, 4.69) is 37.9 Å². The fourth-order valence-electron chi connectivity index (χ4n) is 3.08. The van der Waals surface area contributed by atoms with E-state index in [0.29, 0.717) is 19.0 Å². The Morgan fingerprint density at radius 2 is 1.59 bits per heavy atom. The van der Waals surface area contributed by atoms with Crippen LogP contribution in [0.2, 0.25) is 0 Å². The number of aliphatic imine (C=N–C) groups is 2. The van der Waals surface area contributed by atoms with Crippen molar-refractivity contribution in [2.45, 2.75) is 26.2 Å². The molecule has 0 bridgehead atoms. The predicted octanol–water partition coefficient (Wildman–Crippen LogP) is 3.92. The van der Waals surface area contributed by atoms with Crippen LogP contribution in [0.3, 0.4) is 0 Å². The van der Waals surface area contributed by atoms with Gasteiger partial charge in [0.25, 0.3) is 0 Å². The summed E-state index contributed by atoms with van der Waals surface area (Å²) >= 11 is 0. The molecule has 6 heteroatoms. The largest absolute Gasteiger partial charge is 0.483 e. The van der Waals surface area contributed by atoms with E-state index in [4.69, 9.17) is 20.2 Å². The van der Waals surface area contributed by atoms with Crippen LogP contribution in [0.25, 0.3) is 0 Å². The van der Waals surface area contributed by atoms with Gasteiger partial charge in [0.1, 0.15) is 47.8 Å². The first-order valence-corrected chi connectivity index (χ1v) is 9.00. The summed E-state index contributed by atoms with van der Waals surface area (Å²) in [6.45, 7) is 7.30. The lowest BCUT2D eigenvalue weighted by Gasteiger charge is -2.27. The summed E-state index contributed by atoms with van der Waals surface area (Å²) in [5.41, 5.74) is 9.60. The molecule has 2 heterocycles. The first-order chi connectivity index (χ1) is 12.8. The van der Waals surface area contributed by atoms with Gasteiger partial charge in [0.2, 0.25) is 0 Å². The number of hydrogen-bond acceptors (Lipinski definition) is 6. The highest BCUT2D eigenvalue weighted by molar-refractivity contribution is 6.01. The molecule has 27 heavy (non-hydrogen) atoms. The Hall–Kier alpha value is -3.02. The van der Waals surface area contributed by atoms with Crippen LogP contribution in [0.1, 0.15) is 26.3 Å². The van der Waals surface area contributed by atoms with Gasteiger partial charge in [-0.05, 0) is 35.2 Å². The lowest BCUT2D eigenvalue weighted by atomic mass is 9.87. The fraction of sp³-hybridized carbons (Fsp3) is 0.333. The maximum Gasteiger partial charge on any atom is 0.147 e. The first kappa shape index (κ1) is 17.4. The quantitative estimate of drug-likeness (QED) is 0.832. The molecule has 0 aliphatic carbocycles. The second-order valence-electron chi connectivity index (χ2n) is 7.85. The molecule has 0 fully saturated rings. The zero-order valence-electron chi connectivity index (χ0n) is 16.1. The summed E-state index contributed by atoms with van der Waals surface area (Å²) in [6.07, 6.45) is 0. The second-order valence-corrected chi connectivity index (χ2v) is 7.85. The van der Waals surface area contributed by atoms with Gasteiger partial charge in [0.15, 0.2) is 0 Å². The number of fused-ring (bicyclic) bond motifs is 2. The summed E-state index contributed by atoms with van der Waals surface area (Å²) < 4.78 is 11.7. The van der Waals surface area contributed by atoms with Crippen molar-refractivity contribution in [3.05, 3.63) is 42.0 Å². The van der Waals surface area contributed by atoms with E-state index in [1.165, 1.54) is 5.56 Å². The van der Waals surface area contributed by atoms with Crippen molar-refractivity contribution in [3.63, 3.8) is 0 Å². The molecule has 0 atom stereocenters. The molecule has 0 unspecified atom stereocenters. The zero-order chi connectivity index (χ0) is 19.2. The number of anilines is 1. The minimum Gasteiger partial charge on any atom is -0.483 e. The summed E-state index contributed by atoms with van der Waals surface area (Å²) in [5.74, 6) is 2.88. The Morgan fingerprint density at radius 1 is 0.926 bits per heavy atom. The highest BCUT2D eigenvalue weighted by Gasteiger charge is 2.22. The number of nitrogens with zero attached hydrogens (tertiary/aromatic N) is 3. The number of benzene rings is 2. The predicted molar refractivity (Wildman–Crippen MR) is 109 cm³/mol. The van der Waals surface area contributed by atoms with Crippen LogP contribution in [0, 0.1) is 0 Å². The van der Waals surface area contributed by atoms with E-state index < -0.39 is 0 Å². The number of amidine groups is 2. The van der Waals surface area contributed by atoms with Crippen molar-refractivity contribution in [2.75, 3.05) is 25.2 Å². The zero-order valence-corrected chi connectivity index (χ0v) is 16.1. The summed E-state index contributed by atoms with van der Waals surface area (Å²) in [7, 11) is 1.97. The summed E-state index contributed by atoms with van der Waals surface area (Å²) in [5, 5.41) is 0. The first-order valence-electron chi connectivity index (χ1n) is 9.00. The van der Waals surface area contributed by atoms with Crippen molar-refractivity contribution in [1.82, 2.24) is 0 Å². The monoisotopic (exact) mass is 364 g/mol. The molecule has 0 saturated carbocycles. The van der Waals surface area contributed by atoms with Crippen LogP contribution in [-0.4, -0.2) is 31.9 Å². The van der Waals surface area contributed by atoms with Crippen LogP contribution in [0.15, 0.2) is 46.4 Å². The van der Waals surface area contributed by atoms with E-state index in [-0.39, 0.29) is 5.41 Å². The molecule has 2 aliphatic rings. The van der Waals surface area contributed by atoms with Gasteiger partial charge in [-0.3, -0.25) is 0 Å². The maximum absolute atomic E-state index is 6.00. The highest BCUT2D eigenvalue weighted by atomic mass is 16.5. The molecule has 2 aromatic rings. The lowest BCUT2D eigenvalue weighted by Crippen LogP contribution is -2.33. The number of ether oxygens (including phenoxy) is 2. The average molecular weight is 364 g/mol. The number of rotatable bonds is 1. The standard InChI is InChI=1S/C21H24N4O2/c1-21(2,3)13-5-7-16-17(9-13)27-12-20(24-16)25(4)14-6-8-15-18(10-14)26-11-19(22)23-15/h5-10H,11-12H2,1-4H3,(H2,22,23). The van der Waals surface area contributed by atoms with Crippen LogP contribution in [0.4, 0.5) is 17.1 Å². The normalized spacial score (nSPS) is 15.6. The van der Waals surface area contributed by atoms with E-state index >= 15 is 0 Å². The van der Waals surface area contributed by atoms with Gasteiger partial charge in [-0.1, -0.05) is 26.8 Å². The molecule has 6 nitrogen and oxygen atoms in total. The van der Waals surface area contributed by atoms with Gasteiger partial charge in [0, 0.05) is 18.8 Å². The molecule has 0 radical (unpaired) electrons. The SMILES string of the molecule is CN(C1=Nc2ccc(C(C)(C)C)cc2OC1)c1ccc2c(c1)OCC(N)=N2. The van der Waals surface area contributed by atoms with Crippen LogP contribution in [-0.2, 0) is 5.41 Å². The summed E-state index contributed by atoms with van der Waals surface area (Å²) in [6, 6.07) is 12.1. The van der Waals surface area contributed by atoms with Crippen molar-refractivity contribution >= 4 is 28.7 Å². The third-order valence-electron chi connectivity index (χ3n) is 4.79. The minimum atomic E-state index is 0.0776. The van der Waals surface area contributed by atoms with Crippen LogP contribution in [0.5, 0.6) is 11.5 Å². The third-order valence-corrected chi connectivity index (χ3v) is 4.79. The summed E-state index contributed by atoms with van der Waals surface area (Å²) in [4.78, 5) is 11.1. The van der Waals surface area contributed by atoms with E-state index in [1.54, 1.807) is 0 Å². The minimum absolute atomic E-state index is 0.0776. The fourth-order valence-corrected chi connectivity index (χ4v) is 3.08. The molecule has 2 aliphatic heterocycles. The molecule has 0 amide bonds. The van der Waals surface area contributed by atoms with Gasteiger partial charge in [-0.15, -0.1) is 0 Å². The molecule has 2 N–H and O–H groups in total. The maximum atomic E-state index is 6.00. The smallest absolute Gasteiger partial charge is 0.147 e. The van der Waals surface area contributed by atoms with Gasteiger partial charge < -0.3 is 20.1 Å². The van der Waals surface area contributed by atoms with Crippen LogP contribution < -0.4 is 20.1 Å². The van der Waals surface area contributed by atoms with Crippen LogP contribution >= 0.6 is 0 Å². The van der Waals surface area contributed by atoms with Crippen molar-refractivity contribution in [2.24, 2.45) is 15.7 Å². The molecule has 0 saturated heterocycles. The number of nitrogens with two attached hydrogens (primary N) is 1. The van der Waals surface area contributed by atoms with Crippen molar-refractivity contribution < 1.29 is 9.47 Å². The highest BCUT2D eigenvalue weighted by Crippen LogP contribution is 2.37. The molecule has 4 rings (SSSR count). The van der Waals surface area contributed by atoms with E-state index in [0.717, 1.165) is 34.4 Å². The van der Waals surface area contributed by atoms with E-state index in [1.807, 2.05) is 36.2 Å². The van der Waals surface area contributed by atoms with Gasteiger partial charge in [-0.25, -0.2) is 9.98 Å². The molecule has 0 aromatic heterocycles. The third kappa shape index (κ3) is 3.35. The molecular formula is C21H24N4O2. The Kier molecular flexibility index (Phi) is 4.06.